The van der Waals surface area contributed by atoms with Gasteiger partial charge in [-0.1, -0.05) is 164 Å². The fraction of sp³-hybridized carbons (Fsp3) is 0. The zero-order chi connectivity index (χ0) is 33.3. The van der Waals surface area contributed by atoms with Gasteiger partial charge >= 0.3 is 0 Å². The molecule has 1 aromatic heterocycles. The Hall–Kier alpha value is -6.71. The lowest BCUT2D eigenvalue weighted by Gasteiger charge is -2.13. The standard InChI is InChI=1S/C47H31N3/c1-4-13-32(14-5-1)36-23-24-39-30-37(25-26-38(39)29-36)35-19-12-20-40(31-35)46-48-45(34-17-8-3-9-18-34)49-47(50-46)44-28-27-41(33-15-6-2-7-16-33)42-21-10-11-22-43(42)44/h1-31H. The summed E-state index contributed by atoms with van der Waals surface area (Å²) in [6, 6.07) is 65.9. The predicted octanol–water partition coefficient (Wildman–Crippen LogP) is 12.2. The van der Waals surface area contributed by atoms with Crippen molar-refractivity contribution >= 4 is 21.5 Å². The van der Waals surface area contributed by atoms with E-state index in [0.717, 1.165) is 38.6 Å². The molecule has 0 aliphatic rings. The summed E-state index contributed by atoms with van der Waals surface area (Å²) < 4.78 is 0. The maximum absolute atomic E-state index is 5.15. The van der Waals surface area contributed by atoms with Crippen LogP contribution in [-0.4, -0.2) is 15.0 Å². The van der Waals surface area contributed by atoms with Crippen LogP contribution in [0.3, 0.4) is 0 Å². The molecule has 9 rings (SSSR count). The van der Waals surface area contributed by atoms with Crippen molar-refractivity contribution in [3.05, 3.63) is 188 Å². The lowest BCUT2D eigenvalue weighted by Crippen LogP contribution is -2.01. The molecule has 3 nitrogen and oxygen atoms in total. The maximum Gasteiger partial charge on any atom is 0.164 e. The molecule has 0 saturated carbocycles. The molecule has 0 unspecified atom stereocenters. The van der Waals surface area contributed by atoms with E-state index in [4.69, 9.17) is 15.0 Å². The van der Waals surface area contributed by atoms with Crippen LogP contribution in [0.2, 0.25) is 0 Å². The van der Waals surface area contributed by atoms with Gasteiger partial charge in [0.1, 0.15) is 0 Å². The van der Waals surface area contributed by atoms with Gasteiger partial charge in [-0.25, -0.2) is 15.0 Å². The molecule has 0 fully saturated rings. The van der Waals surface area contributed by atoms with Crippen LogP contribution in [0, 0.1) is 0 Å². The van der Waals surface area contributed by atoms with E-state index in [1.54, 1.807) is 0 Å². The maximum atomic E-state index is 5.15. The Bertz CT molecular complexity index is 2630. The van der Waals surface area contributed by atoms with Crippen LogP contribution in [0.15, 0.2) is 188 Å². The minimum absolute atomic E-state index is 0.639. The molecule has 0 amide bonds. The molecule has 0 aliphatic heterocycles. The van der Waals surface area contributed by atoms with Gasteiger partial charge < -0.3 is 0 Å². The minimum Gasteiger partial charge on any atom is -0.208 e. The topological polar surface area (TPSA) is 38.7 Å². The molecule has 0 N–H and O–H groups in total. The van der Waals surface area contributed by atoms with Crippen molar-refractivity contribution in [2.75, 3.05) is 0 Å². The normalized spacial score (nSPS) is 11.2. The summed E-state index contributed by atoms with van der Waals surface area (Å²) >= 11 is 0. The summed E-state index contributed by atoms with van der Waals surface area (Å²) in [7, 11) is 0. The van der Waals surface area contributed by atoms with Gasteiger partial charge in [-0.3, -0.25) is 0 Å². The van der Waals surface area contributed by atoms with Crippen molar-refractivity contribution < 1.29 is 0 Å². The lowest BCUT2D eigenvalue weighted by molar-refractivity contribution is 1.08. The molecule has 1 heterocycles. The highest BCUT2D eigenvalue weighted by atomic mass is 15.0. The summed E-state index contributed by atoms with van der Waals surface area (Å²) in [5.41, 5.74) is 9.91. The molecule has 0 radical (unpaired) electrons. The number of hydrogen-bond acceptors (Lipinski definition) is 3. The van der Waals surface area contributed by atoms with E-state index in [1.165, 1.54) is 33.0 Å². The third-order valence-electron chi connectivity index (χ3n) is 9.32. The fourth-order valence-corrected chi connectivity index (χ4v) is 6.78. The third-order valence-corrected chi connectivity index (χ3v) is 9.32. The van der Waals surface area contributed by atoms with Crippen molar-refractivity contribution in [2.24, 2.45) is 0 Å². The average molecular weight is 638 g/mol. The highest BCUT2D eigenvalue weighted by Gasteiger charge is 2.16. The van der Waals surface area contributed by atoms with Gasteiger partial charge in [0.05, 0.1) is 0 Å². The number of hydrogen-bond donors (Lipinski definition) is 0. The second-order valence-corrected chi connectivity index (χ2v) is 12.5. The van der Waals surface area contributed by atoms with Gasteiger partial charge in [-0.05, 0) is 79.2 Å². The van der Waals surface area contributed by atoms with Crippen molar-refractivity contribution in [1.29, 1.82) is 0 Å². The van der Waals surface area contributed by atoms with Crippen LogP contribution in [0.25, 0.3) is 89.1 Å². The molecule has 8 aromatic carbocycles. The predicted molar refractivity (Wildman–Crippen MR) is 207 cm³/mol. The van der Waals surface area contributed by atoms with Gasteiger partial charge in [0.15, 0.2) is 17.5 Å². The Morgan fingerprint density at radius 1 is 0.240 bits per heavy atom. The summed E-state index contributed by atoms with van der Waals surface area (Å²) in [5.74, 6) is 1.93. The quantitative estimate of drug-likeness (QED) is 0.182. The summed E-state index contributed by atoms with van der Waals surface area (Å²) in [5, 5.41) is 4.68. The molecule has 0 saturated heterocycles. The zero-order valence-electron chi connectivity index (χ0n) is 27.2. The highest BCUT2D eigenvalue weighted by Crippen LogP contribution is 2.36. The molecule has 50 heavy (non-hydrogen) atoms. The van der Waals surface area contributed by atoms with E-state index in [1.807, 2.05) is 36.4 Å². The van der Waals surface area contributed by atoms with Crippen molar-refractivity contribution in [2.45, 2.75) is 0 Å². The molecule has 0 bridgehead atoms. The first-order chi connectivity index (χ1) is 24.8. The molecule has 0 atom stereocenters. The van der Waals surface area contributed by atoms with E-state index in [9.17, 15) is 0 Å². The number of nitrogens with zero attached hydrogens (tertiary/aromatic N) is 3. The number of fused-ring (bicyclic) bond motifs is 2. The number of benzene rings is 8. The first kappa shape index (κ1) is 29.4. The summed E-state index contributed by atoms with van der Waals surface area (Å²) in [6.45, 7) is 0. The monoisotopic (exact) mass is 637 g/mol. The van der Waals surface area contributed by atoms with Crippen LogP contribution in [0.1, 0.15) is 0 Å². The van der Waals surface area contributed by atoms with Crippen LogP contribution < -0.4 is 0 Å². The highest BCUT2D eigenvalue weighted by molar-refractivity contribution is 6.04. The van der Waals surface area contributed by atoms with E-state index < -0.39 is 0 Å². The van der Waals surface area contributed by atoms with Crippen LogP contribution in [-0.2, 0) is 0 Å². The van der Waals surface area contributed by atoms with Crippen molar-refractivity contribution in [3.63, 3.8) is 0 Å². The fourth-order valence-electron chi connectivity index (χ4n) is 6.78. The second-order valence-electron chi connectivity index (χ2n) is 12.5. The molecular weight excluding hydrogens is 607 g/mol. The minimum atomic E-state index is 0.639. The molecule has 9 aromatic rings. The SMILES string of the molecule is c1ccc(-c2ccc3cc(-c4cccc(-c5nc(-c6ccccc6)nc(-c6ccc(-c7ccccc7)c7ccccc67)n5)c4)ccc3c2)cc1. The summed E-state index contributed by atoms with van der Waals surface area (Å²) in [4.78, 5) is 15.3. The van der Waals surface area contributed by atoms with Crippen molar-refractivity contribution in [3.8, 4) is 67.5 Å². The summed E-state index contributed by atoms with van der Waals surface area (Å²) in [6.07, 6.45) is 0. The zero-order valence-corrected chi connectivity index (χ0v) is 27.2. The smallest absolute Gasteiger partial charge is 0.164 e. The molecule has 3 heteroatoms. The second kappa shape index (κ2) is 12.7. The first-order valence-corrected chi connectivity index (χ1v) is 16.9. The van der Waals surface area contributed by atoms with Crippen LogP contribution in [0.4, 0.5) is 0 Å². The molecular formula is C47H31N3. The Balaban J connectivity index is 1.15. The van der Waals surface area contributed by atoms with Gasteiger partial charge in [-0.15, -0.1) is 0 Å². The van der Waals surface area contributed by atoms with Crippen LogP contribution in [0.5, 0.6) is 0 Å². The van der Waals surface area contributed by atoms with E-state index in [2.05, 4.69) is 152 Å². The van der Waals surface area contributed by atoms with E-state index in [-0.39, 0.29) is 0 Å². The van der Waals surface area contributed by atoms with Crippen LogP contribution >= 0.6 is 0 Å². The van der Waals surface area contributed by atoms with Crippen molar-refractivity contribution in [1.82, 2.24) is 15.0 Å². The molecule has 0 aliphatic carbocycles. The Morgan fingerprint density at radius 3 is 1.34 bits per heavy atom. The molecule has 234 valence electrons. The molecule has 0 spiro atoms. The Morgan fingerprint density at radius 2 is 0.680 bits per heavy atom. The first-order valence-electron chi connectivity index (χ1n) is 16.9. The number of aromatic nitrogens is 3. The van der Waals surface area contributed by atoms with Gasteiger partial charge in [0.2, 0.25) is 0 Å². The largest absolute Gasteiger partial charge is 0.208 e. The number of rotatable bonds is 6. The average Bonchev–Trinajstić information content (AvgIpc) is 3.21. The Labute approximate surface area is 291 Å². The Kier molecular flexibility index (Phi) is 7.49. The van der Waals surface area contributed by atoms with Gasteiger partial charge in [-0.2, -0.15) is 0 Å². The van der Waals surface area contributed by atoms with Gasteiger partial charge in [0.25, 0.3) is 0 Å². The van der Waals surface area contributed by atoms with E-state index in [0.29, 0.717) is 17.5 Å². The third kappa shape index (κ3) is 5.61. The van der Waals surface area contributed by atoms with Gasteiger partial charge in [0, 0.05) is 16.7 Å². The lowest BCUT2D eigenvalue weighted by atomic mass is 9.94. The van der Waals surface area contributed by atoms with E-state index >= 15 is 0 Å².